The largest absolute Gasteiger partial charge is 0.454 e. The molecule has 0 fully saturated rings. The van der Waals surface area contributed by atoms with Crippen LogP contribution in [0.15, 0.2) is 34.9 Å². The molecule has 0 spiro atoms. The number of rotatable bonds is 5. The minimum atomic E-state index is 0.0227. The van der Waals surface area contributed by atoms with Gasteiger partial charge in [0, 0.05) is 29.8 Å². The fourth-order valence-electron chi connectivity index (χ4n) is 2.79. The molecule has 0 saturated heterocycles. The monoisotopic (exact) mass is 392 g/mol. The van der Waals surface area contributed by atoms with Gasteiger partial charge in [-0.15, -0.1) is 0 Å². The van der Waals surface area contributed by atoms with E-state index in [4.69, 9.17) is 9.47 Å². The number of nitrogens with zero attached hydrogens (tertiary/aromatic N) is 2. The predicted octanol–water partition coefficient (Wildman–Crippen LogP) is 4.22. The summed E-state index contributed by atoms with van der Waals surface area (Å²) in [6.45, 7) is 7.55. The van der Waals surface area contributed by atoms with Gasteiger partial charge >= 0.3 is 0 Å². The Kier molecular flexibility index (Phi) is 4.85. The van der Waals surface area contributed by atoms with E-state index in [1.807, 2.05) is 46.9 Å². The molecule has 1 aliphatic heterocycles. The van der Waals surface area contributed by atoms with Gasteiger partial charge in [0.1, 0.15) is 5.69 Å². The zero-order valence-electron chi connectivity index (χ0n) is 14.1. The molecule has 1 aromatic carbocycles. The maximum atomic E-state index is 13.0. The van der Waals surface area contributed by atoms with Crippen molar-refractivity contribution in [2.24, 2.45) is 0 Å². The second-order valence-corrected chi connectivity index (χ2v) is 6.97. The maximum Gasteiger partial charge on any atom is 0.270 e. The molecule has 3 rings (SSSR count). The molecule has 0 bridgehead atoms. The third kappa shape index (κ3) is 3.29. The number of aromatic nitrogens is 1. The number of halogens is 1. The van der Waals surface area contributed by atoms with Crippen molar-refractivity contribution >= 4 is 21.8 Å². The van der Waals surface area contributed by atoms with Crippen LogP contribution in [0.4, 0.5) is 0 Å². The molecule has 1 aromatic heterocycles. The predicted molar refractivity (Wildman–Crippen MR) is 95.5 cm³/mol. The van der Waals surface area contributed by atoms with E-state index in [-0.39, 0.29) is 18.7 Å². The first-order valence-corrected chi connectivity index (χ1v) is 8.84. The molecule has 0 radical (unpaired) electrons. The summed E-state index contributed by atoms with van der Waals surface area (Å²) in [5.74, 6) is 1.52. The quantitative estimate of drug-likeness (QED) is 0.764. The summed E-state index contributed by atoms with van der Waals surface area (Å²) >= 11 is 3.47. The molecule has 0 aliphatic carbocycles. The fourth-order valence-corrected chi connectivity index (χ4v) is 3.23. The smallest absolute Gasteiger partial charge is 0.270 e. The van der Waals surface area contributed by atoms with E-state index in [0.717, 1.165) is 21.5 Å². The van der Waals surface area contributed by atoms with Crippen LogP contribution >= 0.6 is 15.9 Å². The first kappa shape index (κ1) is 16.9. The van der Waals surface area contributed by atoms with Crippen molar-refractivity contribution in [1.82, 2.24) is 9.47 Å². The minimum Gasteiger partial charge on any atom is -0.454 e. The highest BCUT2D eigenvalue weighted by Gasteiger charge is 2.21. The molecule has 5 nitrogen and oxygen atoms in total. The normalized spacial score (nSPS) is 12.7. The number of hydrogen-bond donors (Lipinski definition) is 0. The lowest BCUT2D eigenvalue weighted by Gasteiger charge is -2.23. The van der Waals surface area contributed by atoms with Gasteiger partial charge in [0.25, 0.3) is 5.91 Å². The Morgan fingerprint density at radius 2 is 2.04 bits per heavy atom. The van der Waals surface area contributed by atoms with Crippen LogP contribution in [0.3, 0.4) is 0 Å². The molecule has 0 saturated carbocycles. The Morgan fingerprint density at radius 1 is 1.29 bits per heavy atom. The molecule has 24 heavy (non-hydrogen) atoms. The van der Waals surface area contributed by atoms with Gasteiger partial charge in [0.15, 0.2) is 11.5 Å². The summed E-state index contributed by atoms with van der Waals surface area (Å²) in [4.78, 5) is 14.8. The molecule has 2 heterocycles. The molecule has 0 unspecified atom stereocenters. The minimum absolute atomic E-state index is 0.0227. The second-order valence-electron chi connectivity index (χ2n) is 6.05. The number of benzene rings is 1. The van der Waals surface area contributed by atoms with Crippen molar-refractivity contribution in [2.75, 3.05) is 13.3 Å². The van der Waals surface area contributed by atoms with Crippen molar-refractivity contribution in [2.45, 2.75) is 33.4 Å². The molecule has 0 N–H and O–H groups in total. The Hall–Kier alpha value is -1.95. The number of ether oxygens (including phenoxy) is 2. The number of carbonyl (C=O) groups excluding carboxylic acids is 1. The zero-order chi connectivity index (χ0) is 17.3. The first-order valence-electron chi connectivity index (χ1n) is 8.04. The Labute approximate surface area is 150 Å². The standard InChI is InChI=1S/C18H21BrN2O3/c1-4-20(9-13-5-6-16-17(7-13)24-11-23-16)18(22)15-8-14(19)10-21(15)12(2)3/h5-8,10,12H,4,9,11H2,1-3H3. The third-order valence-electron chi connectivity index (χ3n) is 4.07. The van der Waals surface area contributed by atoms with Crippen LogP contribution in [-0.2, 0) is 6.54 Å². The van der Waals surface area contributed by atoms with Gasteiger partial charge in [-0.3, -0.25) is 4.79 Å². The van der Waals surface area contributed by atoms with Gasteiger partial charge in [0.05, 0.1) is 0 Å². The highest BCUT2D eigenvalue weighted by atomic mass is 79.9. The molecule has 1 amide bonds. The lowest BCUT2D eigenvalue weighted by Crippen LogP contribution is -2.32. The highest BCUT2D eigenvalue weighted by molar-refractivity contribution is 9.10. The molecule has 0 atom stereocenters. The Bertz CT molecular complexity index is 755. The van der Waals surface area contributed by atoms with E-state index < -0.39 is 0 Å². The number of hydrogen-bond acceptors (Lipinski definition) is 3. The molecule has 6 heteroatoms. The van der Waals surface area contributed by atoms with Gasteiger partial charge in [-0.25, -0.2) is 0 Å². The van der Waals surface area contributed by atoms with Crippen LogP contribution in [0.2, 0.25) is 0 Å². The van der Waals surface area contributed by atoms with Crippen molar-refractivity contribution in [3.63, 3.8) is 0 Å². The Morgan fingerprint density at radius 3 is 2.75 bits per heavy atom. The third-order valence-corrected chi connectivity index (χ3v) is 4.50. The number of fused-ring (bicyclic) bond motifs is 1. The SMILES string of the molecule is CCN(Cc1ccc2c(c1)OCO2)C(=O)c1cc(Br)cn1C(C)C. The second kappa shape index (κ2) is 6.89. The van der Waals surface area contributed by atoms with Crippen LogP contribution in [-0.4, -0.2) is 28.7 Å². The highest BCUT2D eigenvalue weighted by Crippen LogP contribution is 2.33. The van der Waals surface area contributed by atoms with Crippen LogP contribution in [0, 0.1) is 0 Å². The van der Waals surface area contributed by atoms with Gasteiger partial charge in [-0.1, -0.05) is 6.07 Å². The molecular formula is C18H21BrN2O3. The van der Waals surface area contributed by atoms with E-state index >= 15 is 0 Å². The van der Waals surface area contributed by atoms with Crippen LogP contribution < -0.4 is 9.47 Å². The lowest BCUT2D eigenvalue weighted by molar-refractivity contribution is 0.0740. The van der Waals surface area contributed by atoms with E-state index in [2.05, 4.69) is 29.8 Å². The zero-order valence-corrected chi connectivity index (χ0v) is 15.7. The molecular weight excluding hydrogens is 372 g/mol. The Balaban J connectivity index is 1.82. The molecule has 128 valence electrons. The molecule has 1 aliphatic rings. The lowest BCUT2D eigenvalue weighted by atomic mass is 10.2. The number of carbonyl (C=O) groups is 1. The summed E-state index contributed by atoms with van der Waals surface area (Å²) in [6, 6.07) is 7.91. The summed E-state index contributed by atoms with van der Waals surface area (Å²) in [5.41, 5.74) is 1.72. The van der Waals surface area contributed by atoms with Crippen LogP contribution in [0.5, 0.6) is 11.5 Å². The summed E-state index contributed by atoms with van der Waals surface area (Å²) in [5, 5.41) is 0. The topological polar surface area (TPSA) is 43.7 Å². The average molecular weight is 393 g/mol. The van der Waals surface area contributed by atoms with Crippen LogP contribution in [0.25, 0.3) is 0 Å². The van der Waals surface area contributed by atoms with Crippen LogP contribution in [0.1, 0.15) is 42.9 Å². The van der Waals surface area contributed by atoms with E-state index in [9.17, 15) is 4.79 Å². The van der Waals surface area contributed by atoms with Crippen molar-refractivity contribution in [3.8, 4) is 11.5 Å². The summed E-state index contributed by atoms with van der Waals surface area (Å²) < 4.78 is 13.7. The van der Waals surface area contributed by atoms with E-state index in [0.29, 0.717) is 18.8 Å². The molecule has 2 aromatic rings. The maximum absolute atomic E-state index is 13.0. The van der Waals surface area contributed by atoms with Crippen molar-refractivity contribution < 1.29 is 14.3 Å². The first-order chi connectivity index (χ1) is 11.5. The van der Waals surface area contributed by atoms with Crippen molar-refractivity contribution in [3.05, 3.63) is 46.2 Å². The number of amides is 1. The van der Waals surface area contributed by atoms with Crippen molar-refractivity contribution in [1.29, 1.82) is 0 Å². The van der Waals surface area contributed by atoms with E-state index in [1.165, 1.54) is 0 Å². The average Bonchev–Trinajstić information content (AvgIpc) is 3.17. The summed E-state index contributed by atoms with van der Waals surface area (Å²) in [6.07, 6.45) is 1.95. The summed E-state index contributed by atoms with van der Waals surface area (Å²) in [7, 11) is 0. The fraction of sp³-hybridized carbons (Fsp3) is 0.389. The van der Waals surface area contributed by atoms with Gasteiger partial charge in [-0.2, -0.15) is 0 Å². The van der Waals surface area contributed by atoms with Gasteiger partial charge in [0.2, 0.25) is 6.79 Å². The van der Waals surface area contributed by atoms with Gasteiger partial charge in [-0.05, 0) is 60.5 Å². The van der Waals surface area contributed by atoms with Gasteiger partial charge < -0.3 is 18.9 Å². The van der Waals surface area contributed by atoms with E-state index in [1.54, 1.807) is 0 Å².